The van der Waals surface area contributed by atoms with Crippen molar-refractivity contribution in [3.63, 3.8) is 0 Å². The standard InChI is InChI=1S/C24H29N3O4S3/c1-32-20-9-5-10-21-23(20)25-24(33-21)27(13-12-26-14-16-31-17-15-26)22(28)11-6-18-34(29,30)19-7-3-2-4-8-19/h2-5,7-10H,6,11-18H2,1H3. The first-order chi connectivity index (χ1) is 16.5. The lowest BCUT2D eigenvalue weighted by atomic mass is 10.3. The molecule has 10 heteroatoms. The van der Waals surface area contributed by atoms with Crippen molar-refractivity contribution in [1.29, 1.82) is 0 Å². The van der Waals surface area contributed by atoms with Gasteiger partial charge in [0.2, 0.25) is 5.91 Å². The van der Waals surface area contributed by atoms with Crippen LogP contribution >= 0.6 is 23.1 Å². The molecular formula is C24H29N3O4S3. The third-order valence-electron chi connectivity index (χ3n) is 5.77. The lowest BCUT2D eigenvalue weighted by molar-refractivity contribution is -0.118. The van der Waals surface area contributed by atoms with Crippen LogP contribution in [0.5, 0.6) is 0 Å². The van der Waals surface area contributed by atoms with Gasteiger partial charge < -0.3 is 4.74 Å². The van der Waals surface area contributed by atoms with Gasteiger partial charge in [0.15, 0.2) is 15.0 Å². The number of fused-ring (bicyclic) bond motifs is 1. The molecule has 0 atom stereocenters. The zero-order valence-corrected chi connectivity index (χ0v) is 21.6. The van der Waals surface area contributed by atoms with Crippen molar-refractivity contribution in [2.45, 2.75) is 22.6 Å². The molecule has 7 nitrogen and oxygen atoms in total. The molecule has 0 bridgehead atoms. The molecule has 0 N–H and O–H groups in total. The molecule has 0 spiro atoms. The van der Waals surface area contributed by atoms with Crippen LogP contribution in [0.1, 0.15) is 12.8 Å². The van der Waals surface area contributed by atoms with E-state index >= 15 is 0 Å². The molecule has 34 heavy (non-hydrogen) atoms. The molecule has 4 rings (SSSR count). The molecule has 1 aliphatic heterocycles. The highest BCUT2D eigenvalue weighted by atomic mass is 32.2. The van der Waals surface area contributed by atoms with Crippen LogP contribution in [-0.4, -0.2) is 75.6 Å². The van der Waals surface area contributed by atoms with E-state index < -0.39 is 9.84 Å². The van der Waals surface area contributed by atoms with Gasteiger partial charge in [-0.2, -0.15) is 0 Å². The van der Waals surface area contributed by atoms with Crippen LogP contribution < -0.4 is 4.90 Å². The number of amides is 1. The second-order valence-electron chi connectivity index (χ2n) is 8.04. The zero-order valence-electron chi connectivity index (χ0n) is 19.2. The minimum atomic E-state index is -3.41. The molecule has 1 fully saturated rings. The quantitative estimate of drug-likeness (QED) is 0.376. The van der Waals surface area contributed by atoms with E-state index in [9.17, 15) is 13.2 Å². The average Bonchev–Trinajstić information content (AvgIpc) is 3.29. The molecule has 0 aliphatic carbocycles. The van der Waals surface area contributed by atoms with Gasteiger partial charge in [-0.15, -0.1) is 11.8 Å². The summed E-state index contributed by atoms with van der Waals surface area (Å²) in [6.07, 6.45) is 2.44. The minimum absolute atomic E-state index is 0.0590. The molecule has 1 saturated heterocycles. The number of nitrogens with zero attached hydrogens (tertiary/aromatic N) is 3. The number of rotatable bonds is 10. The Labute approximate surface area is 209 Å². The van der Waals surface area contributed by atoms with E-state index in [-0.39, 0.29) is 24.5 Å². The van der Waals surface area contributed by atoms with Crippen LogP contribution in [0, 0.1) is 0 Å². The Hall–Kier alpha value is -1.98. The largest absolute Gasteiger partial charge is 0.379 e. The Morgan fingerprint density at radius 1 is 1.15 bits per heavy atom. The molecule has 1 amide bonds. The number of thiazole rings is 1. The fourth-order valence-electron chi connectivity index (χ4n) is 3.88. The van der Waals surface area contributed by atoms with Gasteiger partial charge in [-0.25, -0.2) is 13.4 Å². The molecule has 0 radical (unpaired) electrons. The van der Waals surface area contributed by atoms with E-state index in [1.807, 2.05) is 24.5 Å². The van der Waals surface area contributed by atoms with E-state index in [1.165, 1.54) is 11.3 Å². The van der Waals surface area contributed by atoms with Crippen LogP contribution in [0.2, 0.25) is 0 Å². The number of sulfone groups is 1. The minimum Gasteiger partial charge on any atom is -0.379 e. The summed E-state index contributed by atoms with van der Waals surface area (Å²) in [7, 11) is -3.41. The zero-order chi connectivity index (χ0) is 24.0. The molecule has 2 heterocycles. The molecular weight excluding hydrogens is 490 g/mol. The Morgan fingerprint density at radius 2 is 1.91 bits per heavy atom. The highest BCUT2D eigenvalue weighted by Crippen LogP contribution is 2.34. The Balaban J connectivity index is 1.48. The average molecular weight is 520 g/mol. The van der Waals surface area contributed by atoms with Gasteiger partial charge in [-0.1, -0.05) is 35.6 Å². The third kappa shape index (κ3) is 6.17. The Kier molecular flexibility index (Phi) is 8.60. The smallest absolute Gasteiger partial charge is 0.228 e. The molecule has 182 valence electrons. The first-order valence-corrected chi connectivity index (χ1v) is 15.0. The summed E-state index contributed by atoms with van der Waals surface area (Å²) in [5.74, 6) is -0.155. The van der Waals surface area contributed by atoms with E-state index in [0.717, 1.165) is 34.7 Å². The Morgan fingerprint density at radius 3 is 2.65 bits per heavy atom. The number of benzene rings is 2. The van der Waals surface area contributed by atoms with Crippen molar-refractivity contribution in [2.75, 3.05) is 56.3 Å². The van der Waals surface area contributed by atoms with E-state index in [2.05, 4.69) is 4.90 Å². The van der Waals surface area contributed by atoms with Gasteiger partial charge in [-0.05, 0) is 36.9 Å². The van der Waals surface area contributed by atoms with Gasteiger partial charge in [0.25, 0.3) is 0 Å². The van der Waals surface area contributed by atoms with Crippen molar-refractivity contribution in [3.05, 3.63) is 48.5 Å². The van der Waals surface area contributed by atoms with Crippen molar-refractivity contribution in [3.8, 4) is 0 Å². The molecule has 3 aromatic rings. The number of hydrogen-bond acceptors (Lipinski definition) is 8. The van der Waals surface area contributed by atoms with Crippen molar-refractivity contribution in [1.82, 2.24) is 9.88 Å². The molecule has 1 aromatic heterocycles. The molecule has 2 aromatic carbocycles. The van der Waals surface area contributed by atoms with Crippen molar-refractivity contribution < 1.29 is 17.9 Å². The number of carbonyl (C=O) groups excluding carboxylic acids is 1. The number of anilines is 1. The summed E-state index contributed by atoms with van der Waals surface area (Å²) in [5.41, 5.74) is 0.908. The summed E-state index contributed by atoms with van der Waals surface area (Å²) >= 11 is 3.14. The highest BCUT2D eigenvalue weighted by Gasteiger charge is 2.23. The number of aromatic nitrogens is 1. The first-order valence-electron chi connectivity index (χ1n) is 11.3. The lowest BCUT2D eigenvalue weighted by Crippen LogP contribution is -2.43. The second kappa shape index (κ2) is 11.6. The first kappa shape index (κ1) is 25.1. The topological polar surface area (TPSA) is 79.8 Å². The van der Waals surface area contributed by atoms with Crippen molar-refractivity contribution >= 4 is 54.2 Å². The van der Waals surface area contributed by atoms with E-state index in [4.69, 9.17) is 9.72 Å². The second-order valence-corrected chi connectivity index (χ2v) is 12.0. The number of morpholine rings is 1. The van der Waals surface area contributed by atoms with Gasteiger partial charge in [-0.3, -0.25) is 14.6 Å². The van der Waals surface area contributed by atoms with E-state index in [0.29, 0.717) is 29.8 Å². The SMILES string of the molecule is CSc1cccc2sc(N(CCN3CCOCC3)C(=O)CCCS(=O)(=O)c3ccccc3)nc12. The van der Waals surface area contributed by atoms with Gasteiger partial charge >= 0.3 is 0 Å². The molecule has 0 saturated carbocycles. The number of hydrogen-bond donors (Lipinski definition) is 0. The summed E-state index contributed by atoms with van der Waals surface area (Å²) in [5, 5.41) is 0.667. The summed E-state index contributed by atoms with van der Waals surface area (Å²) in [6.45, 7) is 4.32. The summed E-state index contributed by atoms with van der Waals surface area (Å²) in [4.78, 5) is 23.5. The van der Waals surface area contributed by atoms with Gasteiger partial charge in [0.05, 0.1) is 34.1 Å². The number of ether oxygens (including phenoxy) is 1. The highest BCUT2D eigenvalue weighted by molar-refractivity contribution is 7.98. The third-order valence-corrected chi connectivity index (χ3v) is 9.40. The van der Waals surface area contributed by atoms with Crippen LogP contribution in [0.25, 0.3) is 10.2 Å². The van der Waals surface area contributed by atoms with E-state index in [1.54, 1.807) is 47.0 Å². The lowest BCUT2D eigenvalue weighted by Gasteiger charge is -2.29. The predicted octanol–water partition coefficient (Wildman–Crippen LogP) is 3.94. The summed E-state index contributed by atoms with van der Waals surface area (Å²) < 4.78 is 31.7. The fourth-order valence-corrected chi connectivity index (χ4v) is 6.87. The van der Waals surface area contributed by atoms with Crippen LogP contribution in [-0.2, 0) is 19.4 Å². The maximum atomic E-state index is 13.3. The maximum absolute atomic E-state index is 13.3. The van der Waals surface area contributed by atoms with Crippen LogP contribution in [0.4, 0.5) is 5.13 Å². The monoisotopic (exact) mass is 519 g/mol. The molecule has 1 aliphatic rings. The normalized spacial score (nSPS) is 15.0. The number of thioether (sulfide) groups is 1. The van der Waals surface area contributed by atoms with Crippen molar-refractivity contribution in [2.24, 2.45) is 0 Å². The Bertz CT molecular complexity index is 1210. The predicted molar refractivity (Wildman–Crippen MR) is 139 cm³/mol. The molecule has 0 unspecified atom stereocenters. The summed E-state index contributed by atoms with van der Waals surface area (Å²) in [6, 6.07) is 14.5. The van der Waals surface area contributed by atoms with Gasteiger partial charge in [0.1, 0.15) is 0 Å². The van der Waals surface area contributed by atoms with Crippen LogP contribution in [0.15, 0.2) is 58.3 Å². The van der Waals surface area contributed by atoms with Gasteiger partial charge in [0, 0.05) is 37.5 Å². The fraction of sp³-hybridized carbons (Fsp3) is 0.417. The number of para-hydroxylation sites is 1. The van der Waals surface area contributed by atoms with Crippen LogP contribution in [0.3, 0.4) is 0 Å². The maximum Gasteiger partial charge on any atom is 0.228 e. The number of carbonyl (C=O) groups is 1.